The highest BCUT2D eigenvalue weighted by atomic mass is 32.2. The van der Waals surface area contributed by atoms with Crippen molar-refractivity contribution in [2.24, 2.45) is 7.05 Å². The monoisotopic (exact) mass is 389 g/mol. The van der Waals surface area contributed by atoms with E-state index in [2.05, 4.69) is 0 Å². The lowest BCUT2D eigenvalue weighted by atomic mass is 9.98. The number of hydrogen-bond acceptors (Lipinski definition) is 4. The summed E-state index contributed by atoms with van der Waals surface area (Å²) < 4.78 is 44.2. The summed E-state index contributed by atoms with van der Waals surface area (Å²) in [6.07, 6.45) is 2.83. The first-order chi connectivity index (χ1) is 12.7. The largest absolute Gasteiger partial charge is 0.493 e. The smallest absolute Gasteiger partial charge is 0.258 e. The molecule has 0 amide bonds. The lowest BCUT2D eigenvalue weighted by Gasteiger charge is -2.15. The third-order valence-electron chi connectivity index (χ3n) is 4.21. The molecule has 0 saturated heterocycles. The van der Waals surface area contributed by atoms with Crippen molar-refractivity contribution in [2.45, 2.75) is 12.7 Å². The molecule has 0 spiro atoms. The molecule has 3 rings (SSSR count). The van der Waals surface area contributed by atoms with Crippen molar-refractivity contribution < 1.29 is 17.5 Å². The molecule has 0 aliphatic carbocycles. The highest BCUT2D eigenvalue weighted by Crippen LogP contribution is 2.35. The van der Waals surface area contributed by atoms with E-state index in [1.54, 1.807) is 37.5 Å². The summed E-state index contributed by atoms with van der Waals surface area (Å²) in [6, 6.07) is 9.24. The zero-order chi connectivity index (χ0) is 19.8. The van der Waals surface area contributed by atoms with Crippen molar-refractivity contribution in [3.05, 3.63) is 64.3 Å². The number of benzene rings is 2. The zero-order valence-electron chi connectivity index (χ0n) is 15.3. The minimum atomic E-state index is -3.21. The topological polar surface area (TPSA) is 65.4 Å². The maximum absolute atomic E-state index is 13.7. The van der Waals surface area contributed by atoms with Gasteiger partial charge in [-0.25, -0.2) is 12.8 Å². The van der Waals surface area contributed by atoms with E-state index in [-0.39, 0.29) is 16.7 Å². The van der Waals surface area contributed by atoms with Crippen LogP contribution in [0.4, 0.5) is 4.39 Å². The lowest BCUT2D eigenvalue weighted by Crippen LogP contribution is -2.17. The maximum atomic E-state index is 13.7. The molecule has 0 radical (unpaired) electrons. The highest BCUT2D eigenvalue weighted by Gasteiger charge is 2.16. The summed E-state index contributed by atoms with van der Waals surface area (Å²) in [5.74, 6) is -0.0308. The number of nitrogens with zero attached hydrogens (tertiary/aromatic N) is 1. The molecule has 2 aromatic carbocycles. The summed E-state index contributed by atoms with van der Waals surface area (Å²) in [6.45, 7) is 2.28. The molecule has 5 nitrogen and oxygen atoms in total. The summed E-state index contributed by atoms with van der Waals surface area (Å²) in [5, 5.41) is 0.836. The Morgan fingerprint density at radius 3 is 2.48 bits per heavy atom. The summed E-state index contributed by atoms with van der Waals surface area (Å²) >= 11 is 0. The van der Waals surface area contributed by atoms with Crippen LogP contribution in [0.25, 0.3) is 21.9 Å². The Morgan fingerprint density at radius 2 is 1.81 bits per heavy atom. The second kappa shape index (κ2) is 7.15. The molecule has 0 N–H and O–H groups in total. The summed E-state index contributed by atoms with van der Waals surface area (Å²) in [4.78, 5) is 12.4. The number of fused-ring (bicyclic) bond motifs is 1. The van der Waals surface area contributed by atoms with Crippen LogP contribution in [0, 0.1) is 5.82 Å². The van der Waals surface area contributed by atoms with Crippen LogP contribution in [0.5, 0.6) is 5.75 Å². The molecule has 142 valence electrons. The summed E-state index contributed by atoms with van der Waals surface area (Å²) in [5.41, 5.74) is 1.63. The second-order valence-corrected chi connectivity index (χ2v) is 8.62. The van der Waals surface area contributed by atoms with Gasteiger partial charge in [-0.2, -0.15) is 0 Å². The van der Waals surface area contributed by atoms with Gasteiger partial charge in [0.15, 0.2) is 9.84 Å². The fraction of sp³-hybridized carbons (Fsp3) is 0.250. The van der Waals surface area contributed by atoms with E-state index >= 15 is 0 Å². The molecule has 0 bridgehead atoms. The highest BCUT2D eigenvalue weighted by molar-refractivity contribution is 7.89. The van der Waals surface area contributed by atoms with E-state index in [1.165, 1.54) is 23.0 Å². The van der Waals surface area contributed by atoms with Gasteiger partial charge in [-0.05, 0) is 42.1 Å². The molecule has 7 heteroatoms. The van der Waals surface area contributed by atoms with Gasteiger partial charge in [-0.15, -0.1) is 0 Å². The second-order valence-electron chi connectivity index (χ2n) is 6.48. The van der Waals surface area contributed by atoms with Crippen molar-refractivity contribution in [2.75, 3.05) is 12.9 Å². The Balaban J connectivity index is 2.33. The third-order valence-corrected chi connectivity index (χ3v) is 5.07. The molecule has 0 unspecified atom stereocenters. The van der Waals surface area contributed by atoms with E-state index in [9.17, 15) is 17.6 Å². The molecule has 1 heterocycles. The first-order valence-electron chi connectivity index (χ1n) is 8.42. The molecule has 3 aromatic rings. The van der Waals surface area contributed by atoms with Crippen LogP contribution in [0.2, 0.25) is 0 Å². The minimum Gasteiger partial charge on any atom is -0.493 e. The number of sulfone groups is 1. The number of hydrogen-bond donors (Lipinski definition) is 0. The van der Waals surface area contributed by atoms with Gasteiger partial charge in [0, 0.05) is 30.6 Å². The van der Waals surface area contributed by atoms with E-state index in [1.807, 2.05) is 6.92 Å². The van der Waals surface area contributed by atoms with Crippen molar-refractivity contribution in [1.82, 2.24) is 4.57 Å². The Kier molecular flexibility index (Phi) is 5.06. The number of pyridine rings is 1. The number of halogens is 1. The van der Waals surface area contributed by atoms with Crippen LogP contribution in [0.1, 0.15) is 12.5 Å². The maximum Gasteiger partial charge on any atom is 0.258 e. The fourth-order valence-corrected chi connectivity index (χ4v) is 3.90. The normalized spacial score (nSPS) is 11.7. The first kappa shape index (κ1) is 19.1. The predicted molar refractivity (Wildman–Crippen MR) is 104 cm³/mol. The molecular formula is C20H20FNO4S. The zero-order valence-corrected chi connectivity index (χ0v) is 16.1. The van der Waals surface area contributed by atoms with Crippen molar-refractivity contribution in [3.63, 3.8) is 0 Å². The number of aryl methyl sites for hydroxylation is 1. The molecule has 0 fully saturated rings. The Bertz CT molecular complexity index is 1180. The molecule has 0 aliphatic heterocycles. The average Bonchev–Trinajstić information content (AvgIpc) is 2.58. The molecule has 0 aliphatic rings. The van der Waals surface area contributed by atoms with Gasteiger partial charge in [-0.1, -0.05) is 12.1 Å². The van der Waals surface area contributed by atoms with E-state index in [0.717, 1.165) is 0 Å². The van der Waals surface area contributed by atoms with Gasteiger partial charge in [0.25, 0.3) is 5.56 Å². The minimum absolute atomic E-state index is 0.106. The molecular weight excluding hydrogens is 369 g/mol. The van der Waals surface area contributed by atoms with Gasteiger partial charge < -0.3 is 9.30 Å². The number of ether oxygens (including phenoxy) is 1. The quantitative estimate of drug-likeness (QED) is 0.672. The summed E-state index contributed by atoms with van der Waals surface area (Å²) in [7, 11) is -1.62. The Morgan fingerprint density at radius 1 is 1.07 bits per heavy atom. The SMILES string of the molecule is CCOc1ccc(CS(C)(=O)=O)cc1-c1cn(C)c(=O)c2cc(F)ccc12. The van der Waals surface area contributed by atoms with Crippen molar-refractivity contribution >= 4 is 20.6 Å². The van der Waals surface area contributed by atoms with Crippen molar-refractivity contribution in [3.8, 4) is 16.9 Å². The van der Waals surface area contributed by atoms with Gasteiger partial charge in [0.2, 0.25) is 0 Å². The Hall–Kier alpha value is -2.67. The number of rotatable bonds is 5. The first-order valence-corrected chi connectivity index (χ1v) is 10.5. The predicted octanol–water partition coefficient (Wildman–Crippen LogP) is 3.29. The van der Waals surface area contributed by atoms with Crippen LogP contribution in [-0.2, 0) is 22.6 Å². The average molecular weight is 389 g/mol. The van der Waals surface area contributed by atoms with Crippen LogP contribution in [0.15, 0.2) is 47.4 Å². The molecule has 0 saturated carbocycles. The standard InChI is InChI=1S/C20H20FNO4S/c1-4-26-19-8-5-13(12-27(3,24)25)9-16(19)18-11-22(2)20(23)17-10-14(21)6-7-15(17)18/h5-11H,4,12H2,1-3H3. The van der Waals surface area contributed by atoms with E-state index in [4.69, 9.17) is 4.74 Å². The number of aromatic nitrogens is 1. The molecule has 1 aromatic heterocycles. The van der Waals surface area contributed by atoms with Crippen LogP contribution < -0.4 is 10.3 Å². The third kappa shape index (κ3) is 4.03. The fourth-order valence-electron chi connectivity index (χ4n) is 3.12. The van der Waals surface area contributed by atoms with Gasteiger partial charge >= 0.3 is 0 Å². The Labute approximate surface area is 156 Å². The van der Waals surface area contributed by atoms with E-state index in [0.29, 0.717) is 34.4 Å². The van der Waals surface area contributed by atoms with Gasteiger partial charge in [0.05, 0.1) is 17.7 Å². The van der Waals surface area contributed by atoms with Crippen molar-refractivity contribution in [1.29, 1.82) is 0 Å². The molecule has 0 atom stereocenters. The van der Waals surface area contributed by atoms with Crippen LogP contribution in [0.3, 0.4) is 0 Å². The lowest BCUT2D eigenvalue weighted by molar-refractivity contribution is 0.341. The van der Waals surface area contributed by atoms with Gasteiger partial charge in [0.1, 0.15) is 11.6 Å². The van der Waals surface area contributed by atoms with Gasteiger partial charge in [-0.3, -0.25) is 4.79 Å². The molecule has 27 heavy (non-hydrogen) atoms. The van der Waals surface area contributed by atoms with Crippen LogP contribution >= 0.6 is 0 Å². The van der Waals surface area contributed by atoms with E-state index < -0.39 is 15.7 Å². The van der Waals surface area contributed by atoms with Crippen LogP contribution in [-0.4, -0.2) is 25.8 Å².